The molecule has 2 aliphatic heterocycles. The maximum absolute atomic E-state index is 13.5. The molecular formula is C25H26F3N5O. The summed E-state index contributed by atoms with van der Waals surface area (Å²) < 4.78 is 40.7. The van der Waals surface area contributed by atoms with Gasteiger partial charge in [0, 0.05) is 30.5 Å². The summed E-state index contributed by atoms with van der Waals surface area (Å²) in [6.07, 6.45) is 1.02. The van der Waals surface area contributed by atoms with Crippen LogP contribution >= 0.6 is 0 Å². The van der Waals surface area contributed by atoms with Crippen molar-refractivity contribution in [2.45, 2.75) is 44.4 Å². The van der Waals surface area contributed by atoms with Crippen molar-refractivity contribution in [1.29, 1.82) is 0 Å². The average Bonchev–Trinajstić information content (AvgIpc) is 3.28. The third kappa shape index (κ3) is 4.32. The Morgan fingerprint density at radius 3 is 2.44 bits per heavy atom. The van der Waals surface area contributed by atoms with E-state index in [1.807, 2.05) is 25.1 Å². The van der Waals surface area contributed by atoms with Crippen LogP contribution in [-0.4, -0.2) is 45.2 Å². The molecule has 1 atom stereocenters. The fourth-order valence-corrected chi connectivity index (χ4v) is 4.96. The standard InChI is InChI=1S/C25H26F3N5O/c1-17-15-32(21-7-5-19(6-8-21)25(26,27)28)24(34)23-22(14-30-33(17)23)18-9-12-31(13-10-18)16-20-4-2-3-11-29-20/h2-8,11,14,17-18H,9-10,12-13,15-16H2,1H3. The van der Waals surface area contributed by atoms with Crippen molar-refractivity contribution >= 4 is 11.6 Å². The van der Waals surface area contributed by atoms with Crippen LogP contribution in [0.25, 0.3) is 0 Å². The first-order valence-corrected chi connectivity index (χ1v) is 11.5. The predicted octanol–water partition coefficient (Wildman–Crippen LogP) is 4.90. The number of aromatic nitrogens is 3. The first kappa shape index (κ1) is 22.6. The van der Waals surface area contributed by atoms with E-state index in [2.05, 4.69) is 15.0 Å². The van der Waals surface area contributed by atoms with E-state index < -0.39 is 11.7 Å². The first-order chi connectivity index (χ1) is 16.3. The Labute approximate surface area is 196 Å². The van der Waals surface area contributed by atoms with Crippen molar-refractivity contribution in [1.82, 2.24) is 19.7 Å². The van der Waals surface area contributed by atoms with Crippen molar-refractivity contribution in [3.05, 3.63) is 77.4 Å². The number of carbonyl (C=O) groups excluding carboxylic acids is 1. The normalized spacial score (nSPS) is 19.9. The number of piperidine rings is 1. The number of nitrogens with zero attached hydrogens (tertiary/aromatic N) is 5. The molecule has 2 aromatic heterocycles. The molecule has 34 heavy (non-hydrogen) atoms. The van der Waals surface area contributed by atoms with Gasteiger partial charge in [0.25, 0.3) is 5.91 Å². The van der Waals surface area contributed by atoms with Crippen molar-refractivity contribution in [3.63, 3.8) is 0 Å². The highest BCUT2D eigenvalue weighted by Crippen LogP contribution is 2.36. The molecular weight excluding hydrogens is 443 g/mol. The maximum atomic E-state index is 13.5. The van der Waals surface area contributed by atoms with Gasteiger partial charge in [-0.3, -0.25) is 19.4 Å². The highest BCUT2D eigenvalue weighted by molar-refractivity contribution is 6.06. The summed E-state index contributed by atoms with van der Waals surface area (Å²) in [5.41, 5.74) is 2.28. The number of anilines is 1. The molecule has 1 unspecified atom stereocenters. The minimum atomic E-state index is -4.41. The fourth-order valence-electron chi connectivity index (χ4n) is 4.96. The van der Waals surface area contributed by atoms with Crippen molar-refractivity contribution in [2.24, 2.45) is 0 Å². The second kappa shape index (κ2) is 8.87. The lowest BCUT2D eigenvalue weighted by atomic mass is 9.88. The summed E-state index contributed by atoms with van der Waals surface area (Å²) in [6, 6.07) is 10.6. The largest absolute Gasteiger partial charge is 0.416 e. The number of hydrogen-bond acceptors (Lipinski definition) is 4. The zero-order chi connectivity index (χ0) is 23.9. The zero-order valence-electron chi connectivity index (χ0n) is 18.9. The number of benzene rings is 1. The van der Waals surface area contributed by atoms with E-state index in [0.717, 1.165) is 55.9 Å². The van der Waals surface area contributed by atoms with Gasteiger partial charge in [-0.1, -0.05) is 6.07 Å². The Bertz CT molecular complexity index is 1150. The van der Waals surface area contributed by atoms with Crippen LogP contribution in [0.5, 0.6) is 0 Å². The molecule has 0 aliphatic carbocycles. The Hall–Kier alpha value is -3.20. The van der Waals surface area contributed by atoms with Gasteiger partial charge in [-0.15, -0.1) is 0 Å². The summed E-state index contributed by atoms with van der Waals surface area (Å²) >= 11 is 0. The summed E-state index contributed by atoms with van der Waals surface area (Å²) in [6.45, 7) is 4.94. The number of pyridine rings is 1. The van der Waals surface area contributed by atoms with E-state index in [0.29, 0.717) is 17.9 Å². The Balaban J connectivity index is 1.33. The molecule has 1 fully saturated rings. The number of hydrogen-bond donors (Lipinski definition) is 0. The van der Waals surface area contributed by atoms with Crippen molar-refractivity contribution < 1.29 is 18.0 Å². The van der Waals surface area contributed by atoms with Gasteiger partial charge in [0.05, 0.1) is 23.5 Å². The predicted molar refractivity (Wildman–Crippen MR) is 122 cm³/mol. The molecule has 1 amide bonds. The molecule has 0 radical (unpaired) electrons. The average molecular weight is 470 g/mol. The van der Waals surface area contributed by atoms with E-state index in [9.17, 15) is 18.0 Å². The lowest BCUT2D eigenvalue weighted by Crippen LogP contribution is -2.43. The second-order valence-electron chi connectivity index (χ2n) is 9.07. The number of likely N-dealkylation sites (tertiary alicyclic amines) is 1. The van der Waals surface area contributed by atoms with Gasteiger partial charge in [-0.25, -0.2) is 0 Å². The highest BCUT2D eigenvalue weighted by atomic mass is 19.4. The van der Waals surface area contributed by atoms with Crippen LogP contribution in [0.15, 0.2) is 54.9 Å². The maximum Gasteiger partial charge on any atom is 0.416 e. The summed E-state index contributed by atoms with van der Waals surface area (Å²) in [7, 11) is 0. The third-order valence-electron chi connectivity index (χ3n) is 6.78. The molecule has 9 heteroatoms. The van der Waals surface area contributed by atoms with Gasteiger partial charge in [-0.05, 0) is 75.2 Å². The van der Waals surface area contributed by atoms with Gasteiger partial charge in [0.1, 0.15) is 5.69 Å². The van der Waals surface area contributed by atoms with Crippen LogP contribution in [-0.2, 0) is 12.7 Å². The summed E-state index contributed by atoms with van der Waals surface area (Å²) in [5.74, 6) is 0.00807. The molecule has 0 spiro atoms. The topological polar surface area (TPSA) is 54.3 Å². The number of carbonyl (C=O) groups is 1. The van der Waals surface area contributed by atoms with E-state index >= 15 is 0 Å². The number of halogens is 3. The Morgan fingerprint density at radius 2 is 1.79 bits per heavy atom. The van der Waals surface area contributed by atoms with Gasteiger partial charge in [0.2, 0.25) is 0 Å². The van der Waals surface area contributed by atoms with Crippen molar-refractivity contribution in [3.8, 4) is 0 Å². The molecule has 3 aromatic rings. The van der Waals surface area contributed by atoms with Gasteiger partial charge >= 0.3 is 6.18 Å². The number of rotatable bonds is 4. The summed E-state index contributed by atoms with van der Waals surface area (Å²) in [5, 5.41) is 4.52. The molecule has 0 saturated carbocycles. The molecule has 178 valence electrons. The minimum Gasteiger partial charge on any atom is -0.305 e. The SMILES string of the molecule is CC1CN(c2ccc(C(F)(F)F)cc2)C(=O)c2c(C3CCN(Cc4ccccn4)CC3)cnn21. The fraction of sp³-hybridized carbons (Fsp3) is 0.400. The van der Waals surface area contributed by atoms with Crippen LogP contribution in [0.3, 0.4) is 0 Å². The summed E-state index contributed by atoms with van der Waals surface area (Å²) in [4.78, 5) is 21.8. The van der Waals surface area contributed by atoms with Gasteiger partial charge in [-0.2, -0.15) is 18.3 Å². The van der Waals surface area contributed by atoms with Crippen LogP contribution in [0.4, 0.5) is 18.9 Å². The monoisotopic (exact) mass is 469 g/mol. The lowest BCUT2D eigenvalue weighted by molar-refractivity contribution is -0.137. The third-order valence-corrected chi connectivity index (χ3v) is 6.78. The van der Waals surface area contributed by atoms with E-state index in [4.69, 9.17) is 0 Å². The van der Waals surface area contributed by atoms with Crippen LogP contribution in [0.1, 0.15) is 59.0 Å². The lowest BCUT2D eigenvalue weighted by Gasteiger charge is -2.35. The second-order valence-corrected chi connectivity index (χ2v) is 9.07. The molecule has 1 aromatic carbocycles. The van der Waals surface area contributed by atoms with Crippen LogP contribution in [0, 0.1) is 0 Å². The van der Waals surface area contributed by atoms with Crippen LogP contribution in [0.2, 0.25) is 0 Å². The van der Waals surface area contributed by atoms with Crippen LogP contribution < -0.4 is 4.90 Å². The number of alkyl halides is 3. The zero-order valence-corrected chi connectivity index (χ0v) is 18.9. The Morgan fingerprint density at radius 1 is 1.06 bits per heavy atom. The smallest absolute Gasteiger partial charge is 0.305 e. The highest BCUT2D eigenvalue weighted by Gasteiger charge is 2.37. The quantitative estimate of drug-likeness (QED) is 0.546. The molecule has 2 aliphatic rings. The van der Waals surface area contributed by atoms with Gasteiger partial charge in [0.15, 0.2) is 0 Å². The minimum absolute atomic E-state index is 0.0759. The van der Waals surface area contributed by atoms with E-state index in [-0.39, 0.29) is 17.9 Å². The number of amides is 1. The number of fused-ring (bicyclic) bond motifs is 1. The molecule has 0 N–H and O–H groups in total. The Kier molecular flexibility index (Phi) is 5.89. The molecule has 6 nitrogen and oxygen atoms in total. The van der Waals surface area contributed by atoms with Gasteiger partial charge < -0.3 is 4.90 Å². The molecule has 4 heterocycles. The van der Waals surface area contributed by atoms with E-state index in [1.54, 1.807) is 22.0 Å². The molecule has 0 bridgehead atoms. The molecule has 1 saturated heterocycles. The molecule has 5 rings (SSSR count). The van der Waals surface area contributed by atoms with Crippen molar-refractivity contribution in [2.75, 3.05) is 24.5 Å². The first-order valence-electron chi connectivity index (χ1n) is 11.5. The van der Waals surface area contributed by atoms with E-state index in [1.165, 1.54) is 12.1 Å².